The molecule has 1 aliphatic rings. The molecule has 0 spiro atoms. The zero-order valence-corrected chi connectivity index (χ0v) is 18.3. The van der Waals surface area contributed by atoms with Crippen LogP contribution >= 0.6 is 22.6 Å². The standard InChI is InChI=1S/C19H19IN2O5S/c1-12-11-15(7-9-17(12)27-2)28(25,26)22-16(8-10-18(22)23)19(24)21-14-5-3-13(20)4-6-14/h3-7,9,11,16H,8,10H2,1-2H3,(H,21,24)/t16-/m0/s1. The fraction of sp³-hybridized carbons (Fsp3) is 0.263. The minimum Gasteiger partial charge on any atom is -0.496 e. The Hall–Kier alpha value is -2.14. The van der Waals surface area contributed by atoms with E-state index in [1.54, 1.807) is 19.1 Å². The Morgan fingerprint density at radius 2 is 1.89 bits per heavy atom. The predicted molar refractivity (Wildman–Crippen MR) is 113 cm³/mol. The van der Waals surface area contributed by atoms with Crippen molar-refractivity contribution in [3.05, 3.63) is 51.6 Å². The van der Waals surface area contributed by atoms with Crippen LogP contribution in [0.5, 0.6) is 5.75 Å². The summed E-state index contributed by atoms with van der Waals surface area (Å²) in [5.41, 5.74) is 1.16. The van der Waals surface area contributed by atoms with E-state index in [0.29, 0.717) is 21.3 Å². The van der Waals surface area contributed by atoms with Crippen LogP contribution in [-0.4, -0.2) is 37.7 Å². The molecular weight excluding hydrogens is 495 g/mol. The van der Waals surface area contributed by atoms with Gasteiger partial charge in [-0.2, -0.15) is 0 Å². The number of nitrogens with zero attached hydrogens (tertiary/aromatic N) is 1. The van der Waals surface area contributed by atoms with Crippen molar-refractivity contribution in [3.8, 4) is 5.75 Å². The highest BCUT2D eigenvalue weighted by Gasteiger charge is 2.44. The van der Waals surface area contributed by atoms with Crippen LogP contribution in [-0.2, 0) is 19.6 Å². The molecule has 2 amide bonds. The minimum absolute atomic E-state index is 0.000851. The largest absolute Gasteiger partial charge is 0.496 e. The Balaban J connectivity index is 1.89. The van der Waals surface area contributed by atoms with Crippen LogP contribution in [0.1, 0.15) is 18.4 Å². The number of hydrogen-bond donors (Lipinski definition) is 1. The number of methoxy groups -OCH3 is 1. The first-order chi connectivity index (χ1) is 13.2. The van der Waals surface area contributed by atoms with Crippen LogP contribution in [0.15, 0.2) is 47.4 Å². The van der Waals surface area contributed by atoms with E-state index in [1.165, 1.54) is 25.3 Å². The van der Waals surface area contributed by atoms with Crippen LogP contribution in [0.25, 0.3) is 0 Å². The van der Waals surface area contributed by atoms with E-state index < -0.39 is 27.9 Å². The average molecular weight is 514 g/mol. The summed E-state index contributed by atoms with van der Waals surface area (Å²) in [7, 11) is -2.67. The van der Waals surface area contributed by atoms with Gasteiger partial charge in [-0.1, -0.05) is 0 Å². The minimum atomic E-state index is -4.16. The molecule has 1 heterocycles. The molecular formula is C19H19IN2O5S. The van der Waals surface area contributed by atoms with Crippen LogP contribution in [0.2, 0.25) is 0 Å². The molecule has 7 nitrogen and oxygen atoms in total. The van der Waals surface area contributed by atoms with Crippen molar-refractivity contribution in [3.63, 3.8) is 0 Å². The Morgan fingerprint density at radius 1 is 1.21 bits per heavy atom. The molecule has 3 rings (SSSR count). The molecule has 1 fully saturated rings. The number of ether oxygens (including phenoxy) is 1. The molecule has 0 radical (unpaired) electrons. The Bertz CT molecular complexity index is 1020. The normalized spacial score (nSPS) is 16.9. The number of nitrogens with one attached hydrogen (secondary N) is 1. The summed E-state index contributed by atoms with van der Waals surface area (Å²) in [4.78, 5) is 25.0. The number of rotatable bonds is 5. The summed E-state index contributed by atoms with van der Waals surface area (Å²) >= 11 is 2.14. The molecule has 0 bridgehead atoms. The van der Waals surface area contributed by atoms with E-state index in [-0.39, 0.29) is 17.7 Å². The second-order valence-corrected chi connectivity index (χ2v) is 9.44. The van der Waals surface area contributed by atoms with Gasteiger partial charge < -0.3 is 10.1 Å². The maximum absolute atomic E-state index is 13.1. The van der Waals surface area contributed by atoms with E-state index in [4.69, 9.17) is 4.74 Å². The molecule has 1 aliphatic heterocycles. The summed E-state index contributed by atoms with van der Waals surface area (Å²) in [6.45, 7) is 1.71. The van der Waals surface area contributed by atoms with Crippen molar-refractivity contribution in [2.45, 2.75) is 30.7 Å². The molecule has 0 unspecified atom stereocenters. The number of amides is 2. The number of carbonyl (C=O) groups is 2. The van der Waals surface area contributed by atoms with E-state index in [1.807, 2.05) is 12.1 Å². The molecule has 2 aromatic rings. The number of carbonyl (C=O) groups excluding carboxylic acids is 2. The topological polar surface area (TPSA) is 92.8 Å². The van der Waals surface area contributed by atoms with Crippen molar-refractivity contribution in [2.75, 3.05) is 12.4 Å². The highest BCUT2D eigenvalue weighted by Crippen LogP contribution is 2.30. The third kappa shape index (κ3) is 4.00. The number of aryl methyl sites for hydroxylation is 1. The lowest BCUT2D eigenvalue weighted by molar-refractivity contribution is -0.128. The average Bonchev–Trinajstić information content (AvgIpc) is 3.06. The van der Waals surface area contributed by atoms with Gasteiger partial charge in [-0.15, -0.1) is 0 Å². The van der Waals surface area contributed by atoms with E-state index >= 15 is 0 Å². The number of halogens is 1. The molecule has 0 aromatic heterocycles. The third-order valence-electron chi connectivity index (χ3n) is 4.50. The van der Waals surface area contributed by atoms with Crippen LogP contribution in [0.4, 0.5) is 5.69 Å². The first kappa shape index (κ1) is 20.6. The van der Waals surface area contributed by atoms with Crippen molar-refractivity contribution in [2.24, 2.45) is 0 Å². The van der Waals surface area contributed by atoms with Gasteiger partial charge in [0.25, 0.3) is 10.0 Å². The molecule has 0 saturated carbocycles. The Kier molecular flexibility index (Phi) is 5.94. The summed E-state index contributed by atoms with van der Waals surface area (Å²) in [5.74, 6) is -0.572. The lowest BCUT2D eigenvalue weighted by Crippen LogP contribution is -2.45. The van der Waals surface area contributed by atoms with E-state index in [0.717, 1.165) is 3.57 Å². The quantitative estimate of drug-likeness (QED) is 0.620. The Labute approximate surface area is 177 Å². The number of sulfonamides is 1. The smallest absolute Gasteiger partial charge is 0.267 e. The first-order valence-electron chi connectivity index (χ1n) is 8.52. The van der Waals surface area contributed by atoms with Crippen LogP contribution in [0, 0.1) is 10.5 Å². The zero-order valence-electron chi connectivity index (χ0n) is 15.3. The van der Waals surface area contributed by atoms with Crippen LogP contribution in [0.3, 0.4) is 0 Å². The van der Waals surface area contributed by atoms with Crippen molar-refractivity contribution >= 4 is 50.1 Å². The number of anilines is 1. The second-order valence-electron chi connectivity index (χ2n) is 6.38. The fourth-order valence-corrected chi connectivity index (χ4v) is 5.13. The maximum atomic E-state index is 13.1. The highest BCUT2D eigenvalue weighted by molar-refractivity contribution is 14.1. The molecule has 1 N–H and O–H groups in total. The second kappa shape index (κ2) is 8.08. The lowest BCUT2D eigenvalue weighted by Gasteiger charge is -2.24. The van der Waals surface area contributed by atoms with Gasteiger partial charge in [0.05, 0.1) is 12.0 Å². The van der Waals surface area contributed by atoms with Gasteiger partial charge in [0.2, 0.25) is 11.8 Å². The summed E-state index contributed by atoms with van der Waals surface area (Å²) in [6, 6.07) is 10.4. The van der Waals surface area contributed by atoms with Gasteiger partial charge in [0.15, 0.2) is 0 Å². The van der Waals surface area contributed by atoms with Gasteiger partial charge in [-0.05, 0) is 84.0 Å². The molecule has 2 aromatic carbocycles. The monoisotopic (exact) mass is 514 g/mol. The summed E-state index contributed by atoms with van der Waals surface area (Å²) in [5, 5.41) is 2.69. The molecule has 9 heteroatoms. The van der Waals surface area contributed by atoms with Crippen LogP contribution < -0.4 is 10.1 Å². The van der Waals surface area contributed by atoms with Gasteiger partial charge in [-0.25, -0.2) is 12.7 Å². The van der Waals surface area contributed by atoms with E-state index in [9.17, 15) is 18.0 Å². The number of benzene rings is 2. The number of hydrogen-bond acceptors (Lipinski definition) is 5. The first-order valence-corrected chi connectivity index (χ1v) is 11.0. The molecule has 0 aliphatic carbocycles. The fourth-order valence-electron chi connectivity index (χ4n) is 3.08. The maximum Gasteiger partial charge on any atom is 0.267 e. The predicted octanol–water partition coefficient (Wildman–Crippen LogP) is 2.93. The van der Waals surface area contributed by atoms with Crippen molar-refractivity contribution < 1.29 is 22.7 Å². The van der Waals surface area contributed by atoms with Gasteiger partial charge in [0.1, 0.15) is 11.8 Å². The van der Waals surface area contributed by atoms with Gasteiger partial charge in [0, 0.05) is 15.7 Å². The lowest BCUT2D eigenvalue weighted by atomic mass is 10.2. The van der Waals surface area contributed by atoms with Gasteiger partial charge in [-0.3, -0.25) is 9.59 Å². The zero-order chi connectivity index (χ0) is 20.5. The molecule has 1 atom stereocenters. The van der Waals surface area contributed by atoms with Crippen molar-refractivity contribution in [1.82, 2.24) is 4.31 Å². The molecule has 1 saturated heterocycles. The SMILES string of the molecule is COc1ccc(S(=O)(=O)N2C(=O)CC[C@H]2C(=O)Nc2ccc(I)cc2)cc1C. The van der Waals surface area contributed by atoms with Crippen molar-refractivity contribution in [1.29, 1.82) is 0 Å². The highest BCUT2D eigenvalue weighted by atomic mass is 127. The van der Waals surface area contributed by atoms with Gasteiger partial charge >= 0.3 is 0 Å². The van der Waals surface area contributed by atoms with E-state index in [2.05, 4.69) is 27.9 Å². The molecule has 28 heavy (non-hydrogen) atoms. The molecule has 148 valence electrons. The summed E-state index contributed by atoms with van der Waals surface area (Å²) in [6.07, 6.45) is 0.141. The third-order valence-corrected chi connectivity index (χ3v) is 7.04. The summed E-state index contributed by atoms with van der Waals surface area (Å²) < 4.78 is 33.0. The Morgan fingerprint density at radius 3 is 2.50 bits per heavy atom.